The van der Waals surface area contributed by atoms with E-state index >= 15 is 0 Å². The normalized spacial score (nSPS) is 11.1. The molecule has 0 radical (unpaired) electrons. The third-order valence-electron chi connectivity index (χ3n) is 3.25. The summed E-state index contributed by atoms with van der Waals surface area (Å²) >= 11 is 13.5. The molecule has 3 rings (SSSR count). The molecule has 1 aromatic heterocycles. The summed E-state index contributed by atoms with van der Waals surface area (Å²) in [6, 6.07) is 17.3. The van der Waals surface area contributed by atoms with Gasteiger partial charge < -0.3 is 5.32 Å². The van der Waals surface area contributed by atoms with Crippen molar-refractivity contribution in [2.45, 2.75) is 0 Å². The van der Waals surface area contributed by atoms with Crippen LogP contribution in [0.15, 0.2) is 60.1 Å². The minimum atomic E-state index is 0.414. The first-order valence-corrected chi connectivity index (χ1v) is 8.64. The Morgan fingerprint density at radius 1 is 1.12 bits per heavy atom. The van der Waals surface area contributed by atoms with Gasteiger partial charge in [0, 0.05) is 17.1 Å². The van der Waals surface area contributed by atoms with Gasteiger partial charge in [-0.3, -0.25) is 0 Å². The van der Waals surface area contributed by atoms with Crippen molar-refractivity contribution in [3.05, 3.63) is 75.2 Å². The maximum absolute atomic E-state index is 9.41. The van der Waals surface area contributed by atoms with Gasteiger partial charge in [-0.2, -0.15) is 5.26 Å². The predicted octanol–water partition coefficient (Wildman–Crippen LogP) is 6.09. The van der Waals surface area contributed by atoms with Crippen molar-refractivity contribution in [3.63, 3.8) is 0 Å². The molecule has 118 valence electrons. The highest BCUT2D eigenvalue weighted by atomic mass is 35.5. The van der Waals surface area contributed by atoms with Crippen LogP contribution in [0.4, 0.5) is 5.69 Å². The molecule has 0 aliphatic carbocycles. The van der Waals surface area contributed by atoms with Crippen molar-refractivity contribution in [1.82, 2.24) is 4.98 Å². The number of hydrogen-bond donors (Lipinski definition) is 1. The fourth-order valence-corrected chi connectivity index (χ4v) is 3.20. The van der Waals surface area contributed by atoms with E-state index in [2.05, 4.69) is 16.4 Å². The number of benzene rings is 2. The molecule has 0 unspecified atom stereocenters. The second kappa shape index (κ2) is 7.50. The number of nitrogens with zero attached hydrogens (tertiary/aromatic N) is 2. The largest absolute Gasteiger partial charge is 0.359 e. The standard InChI is InChI=1S/C18H11Cl2N3S/c19-14-7-4-8-15(17(14)20)22-10-13(9-21)18-23-16(11-24-18)12-5-2-1-3-6-12/h1-8,10-11,22H. The summed E-state index contributed by atoms with van der Waals surface area (Å²) < 4.78 is 0. The molecule has 2 aromatic carbocycles. The van der Waals surface area contributed by atoms with E-state index < -0.39 is 0 Å². The van der Waals surface area contributed by atoms with E-state index in [0.29, 0.717) is 26.3 Å². The summed E-state index contributed by atoms with van der Waals surface area (Å²) in [6.45, 7) is 0. The molecule has 0 saturated carbocycles. The van der Waals surface area contributed by atoms with Crippen LogP contribution in [-0.4, -0.2) is 4.98 Å². The van der Waals surface area contributed by atoms with E-state index in [4.69, 9.17) is 23.2 Å². The predicted molar refractivity (Wildman–Crippen MR) is 101 cm³/mol. The summed E-state index contributed by atoms with van der Waals surface area (Å²) in [5.74, 6) is 0. The Labute approximate surface area is 153 Å². The summed E-state index contributed by atoms with van der Waals surface area (Å²) in [6.07, 6.45) is 1.59. The maximum Gasteiger partial charge on any atom is 0.136 e. The van der Waals surface area contributed by atoms with Crippen LogP contribution in [0.3, 0.4) is 0 Å². The summed E-state index contributed by atoms with van der Waals surface area (Å²) in [5.41, 5.74) is 2.93. The molecule has 3 aromatic rings. The van der Waals surface area contributed by atoms with Crippen molar-refractivity contribution in [1.29, 1.82) is 5.26 Å². The Bertz CT molecular complexity index is 927. The van der Waals surface area contributed by atoms with Crippen molar-refractivity contribution in [2.24, 2.45) is 0 Å². The van der Waals surface area contributed by atoms with Gasteiger partial charge in [-0.25, -0.2) is 4.98 Å². The number of aromatic nitrogens is 1. The smallest absolute Gasteiger partial charge is 0.136 e. The van der Waals surface area contributed by atoms with E-state index in [1.165, 1.54) is 11.3 Å². The zero-order valence-electron chi connectivity index (χ0n) is 12.3. The number of anilines is 1. The molecule has 0 fully saturated rings. The Hall–Kier alpha value is -2.32. The van der Waals surface area contributed by atoms with Crippen molar-refractivity contribution < 1.29 is 0 Å². The lowest BCUT2D eigenvalue weighted by Gasteiger charge is -2.05. The van der Waals surface area contributed by atoms with Crippen molar-refractivity contribution >= 4 is 45.8 Å². The van der Waals surface area contributed by atoms with Gasteiger partial charge >= 0.3 is 0 Å². The molecule has 1 heterocycles. The van der Waals surface area contributed by atoms with E-state index in [1.807, 2.05) is 35.7 Å². The van der Waals surface area contributed by atoms with Crippen LogP contribution in [0, 0.1) is 11.3 Å². The van der Waals surface area contributed by atoms with Gasteiger partial charge in [-0.15, -0.1) is 11.3 Å². The highest BCUT2D eigenvalue weighted by Gasteiger charge is 2.09. The van der Waals surface area contributed by atoms with Crippen LogP contribution in [-0.2, 0) is 0 Å². The molecule has 0 spiro atoms. The SMILES string of the molecule is N#CC(=CNc1cccc(Cl)c1Cl)c1nc(-c2ccccc2)cs1. The Morgan fingerprint density at radius 2 is 1.92 bits per heavy atom. The average Bonchev–Trinajstić information content (AvgIpc) is 3.10. The zero-order valence-corrected chi connectivity index (χ0v) is 14.7. The van der Waals surface area contributed by atoms with Crippen LogP contribution in [0.2, 0.25) is 10.0 Å². The fourth-order valence-electron chi connectivity index (χ4n) is 2.05. The molecule has 0 aliphatic rings. The maximum atomic E-state index is 9.41. The minimum absolute atomic E-state index is 0.414. The van der Waals surface area contributed by atoms with Crippen LogP contribution >= 0.6 is 34.5 Å². The Kier molecular flexibility index (Phi) is 5.17. The molecule has 0 amide bonds. The number of thiazole rings is 1. The third kappa shape index (κ3) is 3.60. The second-order valence-electron chi connectivity index (χ2n) is 4.82. The van der Waals surface area contributed by atoms with E-state index in [0.717, 1.165) is 11.3 Å². The highest BCUT2D eigenvalue weighted by molar-refractivity contribution is 7.11. The third-order valence-corrected chi connectivity index (χ3v) is 4.94. The fraction of sp³-hybridized carbons (Fsp3) is 0. The Balaban J connectivity index is 1.86. The second-order valence-corrected chi connectivity index (χ2v) is 6.46. The van der Waals surface area contributed by atoms with Crippen molar-refractivity contribution in [2.75, 3.05) is 5.32 Å². The molecule has 3 nitrogen and oxygen atoms in total. The number of rotatable bonds is 4. The number of nitrogens with one attached hydrogen (secondary N) is 1. The van der Waals surface area contributed by atoms with E-state index in [-0.39, 0.29) is 0 Å². The topological polar surface area (TPSA) is 48.7 Å². The lowest BCUT2D eigenvalue weighted by molar-refractivity contribution is 1.36. The van der Waals surface area contributed by atoms with Gasteiger partial charge in [-0.1, -0.05) is 59.6 Å². The summed E-state index contributed by atoms with van der Waals surface area (Å²) in [4.78, 5) is 4.53. The lowest BCUT2D eigenvalue weighted by atomic mass is 10.2. The van der Waals surface area contributed by atoms with Crippen LogP contribution in [0.25, 0.3) is 16.8 Å². The molecular weight excluding hydrogens is 361 g/mol. The Morgan fingerprint density at radius 3 is 2.67 bits per heavy atom. The zero-order chi connectivity index (χ0) is 16.9. The first-order chi connectivity index (χ1) is 11.7. The molecule has 6 heteroatoms. The molecule has 0 atom stereocenters. The van der Waals surface area contributed by atoms with Crippen LogP contribution in [0.1, 0.15) is 5.01 Å². The molecule has 0 saturated heterocycles. The van der Waals surface area contributed by atoms with E-state index in [1.54, 1.807) is 24.4 Å². The van der Waals surface area contributed by atoms with Gasteiger partial charge in [-0.05, 0) is 12.1 Å². The highest BCUT2D eigenvalue weighted by Crippen LogP contribution is 2.30. The monoisotopic (exact) mass is 371 g/mol. The lowest BCUT2D eigenvalue weighted by Crippen LogP contribution is -1.92. The van der Waals surface area contributed by atoms with Gasteiger partial charge in [0.2, 0.25) is 0 Å². The minimum Gasteiger partial charge on any atom is -0.359 e. The summed E-state index contributed by atoms with van der Waals surface area (Å²) in [7, 11) is 0. The number of allylic oxidation sites excluding steroid dienone is 1. The summed E-state index contributed by atoms with van der Waals surface area (Å²) in [5, 5.41) is 15.9. The molecule has 24 heavy (non-hydrogen) atoms. The first-order valence-electron chi connectivity index (χ1n) is 7.01. The van der Waals surface area contributed by atoms with Crippen LogP contribution < -0.4 is 5.32 Å². The van der Waals surface area contributed by atoms with Crippen molar-refractivity contribution in [3.8, 4) is 17.3 Å². The van der Waals surface area contributed by atoms with Crippen LogP contribution in [0.5, 0.6) is 0 Å². The molecule has 1 N–H and O–H groups in total. The number of nitriles is 1. The molecular formula is C18H11Cl2N3S. The van der Waals surface area contributed by atoms with Gasteiger partial charge in [0.15, 0.2) is 0 Å². The van der Waals surface area contributed by atoms with Gasteiger partial charge in [0.05, 0.1) is 21.4 Å². The quantitative estimate of drug-likeness (QED) is 0.564. The number of halogens is 2. The van der Waals surface area contributed by atoms with Gasteiger partial charge in [0.25, 0.3) is 0 Å². The molecule has 0 bridgehead atoms. The average molecular weight is 372 g/mol. The molecule has 0 aliphatic heterocycles. The number of hydrogen-bond acceptors (Lipinski definition) is 4. The van der Waals surface area contributed by atoms with E-state index in [9.17, 15) is 5.26 Å². The van der Waals surface area contributed by atoms with Gasteiger partial charge in [0.1, 0.15) is 16.6 Å². The first kappa shape index (κ1) is 16.5.